The van der Waals surface area contributed by atoms with Crippen molar-refractivity contribution in [3.05, 3.63) is 66.4 Å². The second-order valence-electron chi connectivity index (χ2n) is 5.79. The Balaban J connectivity index is 1.86. The SMILES string of the molecule is COc1ccc2c(c1)c1cccnc1n2Cc1ccc(S(N)=O)cc1. The highest BCUT2D eigenvalue weighted by atomic mass is 32.2. The lowest BCUT2D eigenvalue weighted by Crippen LogP contribution is -2.04. The number of ether oxygens (including phenoxy) is 1. The number of hydrogen-bond donors (Lipinski definition) is 1. The van der Waals surface area contributed by atoms with Crippen LogP contribution in [0.2, 0.25) is 0 Å². The van der Waals surface area contributed by atoms with Crippen LogP contribution in [0.5, 0.6) is 5.75 Å². The molecule has 2 N–H and O–H groups in total. The van der Waals surface area contributed by atoms with Gasteiger partial charge < -0.3 is 9.30 Å². The van der Waals surface area contributed by atoms with Gasteiger partial charge in [-0.3, -0.25) is 0 Å². The predicted molar refractivity (Wildman–Crippen MR) is 99.9 cm³/mol. The van der Waals surface area contributed by atoms with Crippen molar-refractivity contribution in [2.45, 2.75) is 11.4 Å². The van der Waals surface area contributed by atoms with Crippen LogP contribution in [0.15, 0.2) is 65.7 Å². The van der Waals surface area contributed by atoms with E-state index in [9.17, 15) is 4.21 Å². The molecule has 0 spiro atoms. The standard InChI is InChI=1S/C19H17N3O2S/c1-24-14-6-9-18-17(11-14)16-3-2-10-21-19(16)22(18)12-13-4-7-15(8-5-13)25(20)23/h2-11H,12,20H2,1H3. The number of nitrogens with two attached hydrogens (primary N) is 1. The molecule has 2 aromatic heterocycles. The summed E-state index contributed by atoms with van der Waals surface area (Å²) in [5, 5.41) is 7.63. The molecule has 25 heavy (non-hydrogen) atoms. The van der Waals surface area contributed by atoms with Gasteiger partial charge in [0.1, 0.15) is 22.4 Å². The van der Waals surface area contributed by atoms with E-state index in [1.807, 2.05) is 30.3 Å². The average molecular weight is 351 g/mol. The summed E-state index contributed by atoms with van der Waals surface area (Å²) >= 11 is 0. The van der Waals surface area contributed by atoms with Crippen molar-refractivity contribution < 1.29 is 8.95 Å². The molecule has 2 aromatic carbocycles. The van der Waals surface area contributed by atoms with Crippen molar-refractivity contribution in [1.29, 1.82) is 0 Å². The van der Waals surface area contributed by atoms with E-state index >= 15 is 0 Å². The van der Waals surface area contributed by atoms with E-state index in [1.54, 1.807) is 25.4 Å². The molecule has 4 aromatic rings. The second-order valence-corrected chi connectivity index (χ2v) is 6.85. The van der Waals surface area contributed by atoms with Crippen LogP contribution in [0.25, 0.3) is 21.9 Å². The van der Waals surface area contributed by atoms with Gasteiger partial charge in [0.15, 0.2) is 0 Å². The fourth-order valence-electron chi connectivity index (χ4n) is 3.10. The maximum absolute atomic E-state index is 11.3. The minimum absolute atomic E-state index is 0.619. The normalized spacial score (nSPS) is 12.6. The van der Waals surface area contributed by atoms with E-state index in [2.05, 4.69) is 21.7 Å². The molecule has 0 aliphatic rings. The highest BCUT2D eigenvalue weighted by molar-refractivity contribution is 7.82. The third kappa shape index (κ3) is 2.79. The Morgan fingerprint density at radius 2 is 1.92 bits per heavy atom. The lowest BCUT2D eigenvalue weighted by molar-refractivity contribution is 0.415. The minimum Gasteiger partial charge on any atom is -0.497 e. The van der Waals surface area contributed by atoms with E-state index in [0.29, 0.717) is 11.4 Å². The molecular weight excluding hydrogens is 334 g/mol. The summed E-state index contributed by atoms with van der Waals surface area (Å²) in [6.45, 7) is 0.667. The topological polar surface area (TPSA) is 70.1 Å². The van der Waals surface area contributed by atoms with Crippen molar-refractivity contribution in [3.8, 4) is 5.75 Å². The predicted octanol–water partition coefficient (Wildman–Crippen LogP) is 3.23. The van der Waals surface area contributed by atoms with E-state index < -0.39 is 11.0 Å². The molecule has 6 heteroatoms. The molecule has 2 heterocycles. The fourth-order valence-corrected chi connectivity index (χ4v) is 3.51. The Morgan fingerprint density at radius 3 is 2.64 bits per heavy atom. The van der Waals surface area contributed by atoms with Gasteiger partial charge in [-0.25, -0.2) is 14.3 Å². The van der Waals surface area contributed by atoms with Crippen LogP contribution < -0.4 is 9.88 Å². The zero-order chi connectivity index (χ0) is 17.4. The monoisotopic (exact) mass is 351 g/mol. The van der Waals surface area contributed by atoms with Gasteiger partial charge in [-0.2, -0.15) is 0 Å². The molecule has 1 atom stereocenters. The summed E-state index contributed by atoms with van der Waals surface area (Å²) in [7, 11) is 0.211. The second kappa shape index (κ2) is 6.31. The summed E-state index contributed by atoms with van der Waals surface area (Å²) in [5.41, 5.74) is 3.12. The van der Waals surface area contributed by atoms with E-state index in [-0.39, 0.29) is 0 Å². The summed E-state index contributed by atoms with van der Waals surface area (Å²) in [5.74, 6) is 0.824. The van der Waals surface area contributed by atoms with Crippen LogP contribution in [-0.2, 0) is 17.5 Å². The van der Waals surface area contributed by atoms with E-state index in [4.69, 9.17) is 9.88 Å². The summed E-state index contributed by atoms with van der Waals surface area (Å²) in [4.78, 5) is 5.19. The van der Waals surface area contributed by atoms with Crippen LogP contribution in [0.1, 0.15) is 5.56 Å². The summed E-state index contributed by atoms with van der Waals surface area (Å²) < 4.78 is 18.9. The van der Waals surface area contributed by atoms with E-state index in [0.717, 1.165) is 33.2 Å². The quantitative estimate of drug-likeness (QED) is 0.614. The molecular formula is C19H17N3O2S. The maximum Gasteiger partial charge on any atom is 0.141 e. The molecule has 0 saturated carbocycles. The fraction of sp³-hybridized carbons (Fsp3) is 0.105. The van der Waals surface area contributed by atoms with Gasteiger partial charge in [0.2, 0.25) is 0 Å². The molecule has 5 nitrogen and oxygen atoms in total. The molecule has 0 aliphatic carbocycles. The Labute approximate surface area is 147 Å². The highest BCUT2D eigenvalue weighted by Crippen LogP contribution is 2.31. The van der Waals surface area contributed by atoms with Gasteiger partial charge in [-0.1, -0.05) is 12.1 Å². The Bertz CT molecular complexity index is 1090. The lowest BCUT2D eigenvalue weighted by atomic mass is 10.2. The molecule has 0 radical (unpaired) electrons. The number of benzene rings is 2. The third-order valence-corrected chi connectivity index (χ3v) is 5.06. The van der Waals surface area contributed by atoms with Crippen molar-refractivity contribution in [1.82, 2.24) is 9.55 Å². The molecule has 0 saturated heterocycles. The van der Waals surface area contributed by atoms with E-state index in [1.165, 1.54) is 0 Å². The third-order valence-electron chi connectivity index (χ3n) is 4.32. The Morgan fingerprint density at radius 1 is 1.12 bits per heavy atom. The smallest absolute Gasteiger partial charge is 0.141 e. The van der Waals surface area contributed by atoms with Gasteiger partial charge in [-0.15, -0.1) is 0 Å². The number of pyridine rings is 1. The first-order valence-corrected chi connectivity index (χ1v) is 9.05. The number of nitrogens with zero attached hydrogens (tertiary/aromatic N) is 2. The van der Waals surface area contributed by atoms with Gasteiger partial charge in [0.25, 0.3) is 0 Å². The van der Waals surface area contributed by atoms with Crippen molar-refractivity contribution in [3.63, 3.8) is 0 Å². The minimum atomic E-state index is -1.46. The molecule has 0 bridgehead atoms. The number of hydrogen-bond acceptors (Lipinski definition) is 3. The molecule has 1 unspecified atom stereocenters. The first kappa shape index (κ1) is 15.8. The Hall–Kier alpha value is -2.70. The lowest BCUT2D eigenvalue weighted by Gasteiger charge is -2.08. The molecule has 126 valence electrons. The van der Waals surface area contributed by atoms with Crippen molar-refractivity contribution >= 4 is 32.9 Å². The van der Waals surface area contributed by atoms with Gasteiger partial charge in [0.05, 0.1) is 17.5 Å². The first-order chi connectivity index (χ1) is 12.2. The number of methoxy groups -OCH3 is 1. The van der Waals surface area contributed by atoms with Gasteiger partial charge in [-0.05, 0) is 48.0 Å². The van der Waals surface area contributed by atoms with Crippen molar-refractivity contribution in [2.75, 3.05) is 7.11 Å². The summed E-state index contributed by atoms with van der Waals surface area (Å²) in [6, 6.07) is 17.6. The number of rotatable bonds is 4. The zero-order valence-electron chi connectivity index (χ0n) is 13.7. The number of fused-ring (bicyclic) bond motifs is 3. The van der Waals surface area contributed by atoms with Crippen LogP contribution in [0, 0.1) is 0 Å². The average Bonchev–Trinajstić information content (AvgIpc) is 2.95. The molecule has 0 aliphatic heterocycles. The largest absolute Gasteiger partial charge is 0.497 e. The number of aromatic nitrogens is 2. The highest BCUT2D eigenvalue weighted by Gasteiger charge is 2.12. The first-order valence-electron chi connectivity index (χ1n) is 7.83. The summed E-state index contributed by atoms with van der Waals surface area (Å²) in [6.07, 6.45) is 1.80. The molecule has 0 fully saturated rings. The van der Waals surface area contributed by atoms with Crippen LogP contribution in [0.3, 0.4) is 0 Å². The maximum atomic E-state index is 11.3. The van der Waals surface area contributed by atoms with Crippen LogP contribution in [-0.4, -0.2) is 20.9 Å². The Kier molecular flexibility index (Phi) is 3.99. The van der Waals surface area contributed by atoms with Gasteiger partial charge >= 0.3 is 0 Å². The zero-order valence-corrected chi connectivity index (χ0v) is 14.5. The van der Waals surface area contributed by atoms with Crippen molar-refractivity contribution in [2.24, 2.45) is 5.14 Å². The van der Waals surface area contributed by atoms with Crippen LogP contribution in [0.4, 0.5) is 0 Å². The molecule has 4 rings (SSSR count). The van der Waals surface area contributed by atoms with Gasteiger partial charge in [0, 0.05) is 23.5 Å². The molecule has 0 amide bonds. The van der Waals surface area contributed by atoms with Crippen LogP contribution >= 0.6 is 0 Å².